The third kappa shape index (κ3) is 5.41. The summed E-state index contributed by atoms with van der Waals surface area (Å²) >= 11 is 0. The van der Waals surface area contributed by atoms with Crippen molar-refractivity contribution in [2.45, 2.75) is 12.8 Å². The minimum Gasteiger partial charge on any atom is -0.481 e. The SMILES string of the molecule is NC(=O)COCCNS(=O)(=O)N1CCCC(C(=O)O)C1. The number of carboxylic acid groups (broad SMARTS) is 1. The van der Waals surface area contributed by atoms with Gasteiger partial charge in [-0.2, -0.15) is 17.4 Å². The molecule has 0 radical (unpaired) electrons. The van der Waals surface area contributed by atoms with E-state index in [0.717, 1.165) is 4.31 Å². The maximum atomic E-state index is 11.9. The molecule has 1 amide bonds. The van der Waals surface area contributed by atoms with Gasteiger partial charge in [-0.1, -0.05) is 0 Å². The highest BCUT2D eigenvalue weighted by Gasteiger charge is 2.31. The Kier molecular flexibility index (Phi) is 6.33. The van der Waals surface area contributed by atoms with Gasteiger partial charge in [0.15, 0.2) is 0 Å². The Morgan fingerprint density at radius 3 is 2.75 bits per heavy atom. The molecule has 0 aromatic carbocycles. The van der Waals surface area contributed by atoms with Gasteiger partial charge in [0, 0.05) is 19.6 Å². The molecule has 0 spiro atoms. The van der Waals surface area contributed by atoms with E-state index in [1.807, 2.05) is 0 Å². The number of nitrogens with two attached hydrogens (primary N) is 1. The Bertz CT molecular complexity index is 452. The molecule has 0 bridgehead atoms. The Morgan fingerprint density at radius 1 is 1.45 bits per heavy atom. The summed E-state index contributed by atoms with van der Waals surface area (Å²) in [6.07, 6.45) is 0.985. The summed E-state index contributed by atoms with van der Waals surface area (Å²) in [4.78, 5) is 21.3. The van der Waals surface area contributed by atoms with Crippen LogP contribution in [-0.4, -0.2) is 62.6 Å². The van der Waals surface area contributed by atoms with Crippen LogP contribution < -0.4 is 10.5 Å². The maximum Gasteiger partial charge on any atom is 0.307 e. The maximum absolute atomic E-state index is 11.9. The van der Waals surface area contributed by atoms with E-state index in [-0.39, 0.29) is 26.3 Å². The Morgan fingerprint density at radius 2 is 2.15 bits per heavy atom. The average Bonchev–Trinajstić information content (AvgIpc) is 2.38. The molecule has 20 heavy (non-hydrogen) atoms. The van der Waals surface area contributed by atoms with Crippen molar-refractivity contribution in [3.8, 4) is 0 Å². The number of carbonyl (C=O) groups is 2. The minimum atomic E-state index is -3.73. The van der Waals surface area contributed by atoms with Gasteiger partial charge in [-0.05, 0) is 12.8 Å². The second-order valence-corrected chi connectivity index (χ2v) is 6.21. The van der Waals surface area contributed by atoms with Crippen LogP contribution in [0.3, 0.4) is 0 Å². The Labute approximate surface area is 117 Å². The van der Waals surface area contributed by atoms with E-state index in [2.05, 4.69) is 4.72 Å². The molecule has 116 valence electrons. The number of nitrogens with zero attached hydrogens (tertiary/aromatic N) is 1. The van der Waals surface area contributed by atoms with Gasteiger partial charge in [0.05, 0.1) is 12.5 Å². The van der Waals surface area contributed by atoms with Gasteiger partial charge in [-0.25, -0.2) is 0 Å². The molecule has 0 aliphatic carbocycles. The van der Waals surface area contributed by atoms with Crippen LogP contribution in [0.2, 0.25) is 0 Å². The van der Waals surface area contributed by atoms with Crippen molar-refractivity contribution in [2.75, 3.05) is 32.8 Å². The monoisotopic (exact) mass is 309 g/mol. The molecule has 1 rings (SSSR count). The quantitative estimate of drug-likeness (QED) is 0.448. The van der Waals surface area contributed by atoms with Crippen LogP contribution >= 0.6 is 0 Å². The number of amides is 1. The molecule has 1 atom stereocenters. The topological polar surface area (TPSA) is 139 Å². The van der Waals surface area contributed by atoms with Crippen molar-refractivity contribution < 1.29 is 27.9 Å². The molecule has 1 saturated heterocycles. The predicted octanol–water partition coefficient (Wildman–Crippen LogP) is -1.88. The fraction of sp³-hybridized carbons (Fsp3) is 0.800. The van der Waals surface area contributed by atoms with Gasteiger partial charge < -0.3 is 15.6 Å². The normalized spacial score (nSPS) is 20.7. The third-order valence-corrected chi connectivity index (χ3v) is 4.43. The van der Waals surface area contributed by atoms with Crippen molar-refractivity contribution in [3.63, 3.8) is 0 Å². The summed E-state index contributed by atoms with van der Waals surface area (Å²) in [6.45, 7) is -0.0111. The second kappa shape index (κ2) is 7.53. The van der Waals surface area contributed by atoms with Crippen LogP contribution in [-0.2, 0) is 24.5 Å². The van der Waals surface area contributed by atoms with Crippen LogP contribution in [0, 0.1) is 5.92 Å². The van der Waals surface area contributed by atoms with E-state index in [9.17, 15) is 18.0 Å². The zero-order valence-electron chi connectivity index (χ0n) is 10.9. The number of carbonyl (C=O) groups excluding carboxylic acids is 1. The molecular formula is C10H19N3O6S. The molecule has 4 N–H and O–H groups in total. The third-order valence-electron chi connectivity index (χ3n) is 2.85. The van der Waals surface area contributed by atoms with E-state index in [1.165, 1.54) is 0 Å². The van der Waals surface area contributed by atoms with Gasteiger partial charge >= 0.3 is 5.97 Å². The molecule has 0 aromatic heterocycles. The molecule has 1 unspecified atom stereocenters. The largest absolute Gasteiger partial charge is 0.481 e. The summed E-state index contributed by atoms with van der Waals surface area (Å²) in [5.41, 5.74) is 4.85. The molecule has 10 heteroatoms. The highest BCUT2D eigenvalue weighted by molar-refractivity contribution is 7.87. The lowest BCUT2D eigenvalue weighted by Crippen LogP contribution is -2.48. The lowest BCUT2D eigenvalue weighted by molar-refractivity contribution is -0.142. The number of nitrogens with one attached hydrogen (secondary N) is 1. The highest BCUT2D eigenvalue weighted by Crippen LogP contribution is 2.18. The fourth-order valence-electron chi connectivity index (χ4n) is 1.87. The first kappa shape index (κ1) is 16.8. The molecule has 9 nitrogen and oxygen atoms in total. The Hall–Kier alpha value is -1.23. The van der Waals surface area contributed by atoms with Crippen molar-refractivity contribution in [1.29, 1.82) is 0 Å². The highest BCUT2D eigenvalue weighted by atomic mass is 32.2. The summed E-state index contributed by atoms with van der Waals surface area (Å²) in [5.74, 6) is -2.30. The molecule has 1 heterocycles. The molecule has 0 aromatic rings. The lowest BCUT2D eigenvalue weighted by atomic mass is 10.0. The number of aliphatic carboxylic acids is 1. The van der Waals surface area contributed by atoms with Crippen LogP contribution in [0.15, 0.2) is 0 Å². The lowest BCUT2D eigenvalue weighted by Gasteiger charge is -2.29. The van der Waals surface area contributed by atoms with Gasteiger partial charge in [0.2, 0.25) is 5.91 Å². The standard InChI is InChI=1S/C10H19N3O6S/c11-9(14)7-19-5-3-12-20(17,18)13-4-1-2-8(6-13)10(15)16/h8,12H,1-7H2,(H2,11,14)(H,15,16). The molecule has 1 aliphatic heterocycles. The first-order valence-corrected chi connectivity index (χ1v) is 7.60. The van der Waals surface area contributed by atoms with Gasteiger partial charge in [0.25, 0.3) is 10.2 Å². The van der Waals surface area contributed by atoms with E-state index < -0.39 is 28.0 Å². The van der Waals surface area contributed by atoms with E-state index in [1.54, 1.807) is 0 Å². The molecule has 1 fully saturated rings. The first-order valence-electron chi connectivity index (χ1n) is 6.16. The summed E-state index contributed by atoms with van der Waals surface area (Å²) in [5, 5.41) is 8.91. The summed E-state index contributed by atoms with van der Waals surface area (Å²) < 4.78 is 32.1. The van der Waals surface area contributed by atoms with Gasteiger partial charge in [-0.3, -0.25) is 9.59 Å². The van der Waals surface area contributed by atoms with Crippen LogP contribution in [0.5, 0.6) is 0 Å². The summed E-state index contributed by atoms with van der Waals surface area (Å²) in [6, 6.07) is 0. The summed E-state index contributed by atoms with van der Waals surface area (Å²) in [7, 11) is -3.73. The second-order valence-electron chi connectivity index (χ2n) is 4.45. The molecular weight excluding hydrogens is 290 g/mol. The van der Waals surface area contributed by atoms with E-state index in [4.69, 9.17) is 15.6 Å². The van der Waals surface area contributed by atoms with Gasteiger partial charge in [0.1, 0.15) is 6.61 Å². The number of piperidine rings is 1. The van der Waals surface area contributed by atoms with Crippen molar-refractivity contribution in [3.05, 3.63) is 0 Å². The number of primary amides is 1. The minimum absolute atomic E-state index is 0.0101. The zero-order chi connectivity index (χ0) is 15.2. The van der Waals surface area contributed by atoms with Crippen LogP contribution in [0.4, 0.5) is 0 Å². The number of ether oxygens (including phenoxy) is 1. The van der Waals surface area contributed by atoms with Crippen molar-refractivity contribution in [1.82, 2.24) is 9.03 Å². The number of hydrogen-bond donors (Lipinski definition) is 3. The van der Waals surface area contributed by atoms with Crippen molar-refractivity contribution in [2.24, 2.45) is 11.7 Å². The predicted molar refractivity (Wildman–Crippen MR) is 68.9 cm³/mol. The Balaban J connectivity index is 2.39. The van der Waals surface area contributed by atoms with Crippen LogP contribution in [0.1, 0.15) is 12.8 Å². The van der Waals surface area contributed by atoms with Gasteiger partial charge in [-0.15, -0.1) is 0 Å². The smallest absolute Gasteiger partial charge is 0.307 e. The number of rotatable bonds is 8. The number of hydrogen-bond acceptors (Lipinski definition) is 5. The fourth-order valence-corrected chi connectivity index (χ4v) is 3.14. The van der Waals surface area contributed by atoms with Crippen LogP contribution in [0.25, 0.3) is 0 Å². The van der Waals surface area contributed by atoms with E-state index >= 15 is 0 Å². The zero-order valence-corrected chi connectivity index (χ0v) is 11.8. The molecule has 0 saturated carbocycles. The van der Waals surface area contributed by atoms with E-state index in [0.29, 0.717) is 19.4 Å². The van der Waals surface area contributed by atoms with Crippen molar-refractivity contribution >= 4 is 22.1 Å². The molecule has 1 aliphatic rings. The first-order chi connectivity index (χ1) is 9.33. The number of carboxylic acids is 1. The average molecular weight is 309 g/mol.